The van der Waals surface area contributed by atoms with Crippen LogP contribution >= 0.6 is 11.3 Å². The van der Waals surface area contributed by atoms with Gasteiger partial charge in [0.15, 0.2) is 0 Å². The number of carbonyl (C=O) groups excluding carboxylic acids is 2. The smallest absolute Gasteiger partial charge is 0.338 e. The monoisotopic (exact) mass is 413 g/mol. The lowest BCUT2D eigenvalue weighted by molar-refractivity contribution is -0.116. The summed E-state index contributed by atoms with van der Waals surface area (Å²) in [6.45, 7) is 4.24. The summed E-state index contributed by atoms with van der Waals surface area (Å²) in [6.07, 6.45) is 3.97. The second-order valence-electron chi connectivity index (χ2n) is 6.58. The van der Waals surface area contributed by atoms with Crippen molar-refractivity contribution in [2.24, 2.45) is 0 Å². The van der Waals surface area contributed by atoms with E-state index in [1.165, 1.54) is 22.2 Å². The number of nitrogens with zero attached hydrogens (tertiary/aromatic N) is 2. The number of carbonyl (C=O) groups is 2. The number of aryl methyl sites for hydroxylation is 1. The summed E-state index contributed by atoms with van der Waals surface area (Å²) >= 11 is 1.48. The molecule has 1 amide bonds. The number of ether oxygens (including phenoxy) is 1. The van der Waals surface area contributed by atoms with Crippen molar-refractivity contribution in [3.05, 3.63) is 57.5 Å². The van der Waals surface area contributed by atoms with Crippen molar-refractivity contribution in [2.75, 3.05) is 11.9 Å². The van der Waals surface area contributed by atoms with Crippen LogP contribution in [0.5, 0.6) is 0 Å². The number of anilines is 1. The number of aromatic nitrogens is 2. The van der Waals surface area contributed by atoms with Gasteiger partial charge in [-0.3, -0.25) is 14.2 Å². The topological polar surface area (TPSA) is 90.3 Å². The number of esters is 1. The first-order valence-electron chi connectivity index (χ1n) is 9.56. The van der Waals surface area contributed by atoms with Gasteiger partial charge < -0.3 is 10.1 Å². The summed E-state index contributed by atoms with van der Waals surface area (Å²) in [5.74, 6) is -0.805. The van der Waals surface area contributed by atoms with Gasteiger partial charge in [-0.2, -0.15) is 0 Å². The highest BCUT2D eigenvalue weighted by Crippen LogP contribution is 2.21. The second-order valence-corrected chi connectivity index (χ2v) is 7.70. The Labute approximate surface area is 172 Å². The summed E-state index contributed by atoms with van der Waals surface area (Å²) in [4.78, 5) is 43.1. The molecule has 0 radical (unpaired) electrons. The van der Waals surface area contributed by atoms with Crippen molar-refractivity contribution in [3.63, 3.8) is 0 Å². The predicted octanol–water partition coefficient (Wildman–Crippen LogP) is 3.62. The van der Waals surface area contributed by atoms with Gasteiger partial charge in [0.25, 0.3) is 5.56 Å². The number of rotatable bonds is 8. The minimum Gasteiger partial charge on any atom is -0.462 e. The molecule has 0 aliphatic rings. The molecule has 29 heavy (non-hydrogen) atoms. The van der Waals surface area contributed by atoms with Gasteiger partial charge in [0.05, 0.1) is 23.9 Å². The Morgan fingerprint density at radius 3 is 2.83 bits per heavy atom. The molecule has 2 aromatic heterocycles. The van der Waals surface area contributed by atoms with E-state index >= 15 is 0 Å². The Balaban J connectivity index is 1.69. The van der Waals surface area contributed by atoms with E-state index in [-0.39, 0.29) is 18.0 Å². The predicted molar refractivity (Wildman–Crippen MR) is 114 cm³/mol. The highest BCUT2D eigenvalue weighted by molar-refractivity contribution is 7.18. The molecular weight excluding hydrogens is 390 g/mol. The number of amides is 1. The van der Waals surface area contributed by atoms with Crippen molar-refractivity contribution >= 4 is 39.1 Å². The third kappa shape index (κ3) is 5.08. The largest absolute Gasteiger partial charge is 0.462 e. The van der Waals surface area contributed by atoms with Gasteiger partial charge in [0.1, 0.15) is 11.4 Å². The van der Waals surface area contributed by atoms with E-state index < -0.39 is 5.97 Å². The van der Waals surface area contributed by atoms with E-state index in [0.29, 0.717) is 28.1 Å². The fourth-order valence-electron chi connectivity index (χ4n) is 2.77. The number of fused-ring (bicyclic) bond motifs is 1. The number of benzene rings is 1. The number of hydrogen-bond acceptors (Lipinski definition) is 6. The molecule has 0 unspecified atom stereocenters. The minimum absolute atomic E-state index is 0.162. The summed E-state index contributed by atoms with van der Waals surface area (Å²) in [6, 6.07) is 8.37. The Morgan fingerprint density at radius 1 is 1.24 bits per heavy atom. The molecule has 0 saturated heterocycles. The van der Waals surface area contributed by atoms with Crippen molar-refractivity contribution < 1.29 is 14.3 Å². The number of nitrogens with one attached hydrogen (secondary N) is 1. The first-order chi connectivity index (χ1) is 14.0. The van der Waals surface area contributed by atoms with E-state index in [0.717, 1.165) is 24.1 Å². The first-order valence-corrected chi connectivity index (χ1v) is 10.4. The lowest BCUT2D eigenvalue weighted by Gasteiger charge is -2.09. The molecule has 152 valence electrons. The molecule has 0 aliphatic heterocycles. The molecule has 1 N–H and O–H groups in total. The fourth-order valence-corrected chi connectivity index (χ4v) is 3.69. The van der Waals surface area contributed by atoms with Crippen LogP contribution in [0.1, 0.15) is 41.9 Å². The maximum absolute atomic E-state index is 12.6. The zero-order valence-corrected chi connectivity index (χ0v) is 17.3. The Hall–Kier alpha value is -3.00. The molecule has 3 rings (SSSR count). The van der Waals surface area contributed by atoms with Crippen LogP contribution in [0.3, 0.4) is 0 Å². The zero-order chi connectivity index (χ0) is 20.8. The number of hydrogen-bond donors (Lipinski definition) is 1. The van der Waals surface area contributed by atoms with Crippen LogP contribution in [0.15, 0.2) is 41.5 Å². The number of thiophene rings is 1. The highest BCUT2D eigenvalue weighted by Gasteiger charge is 2.12. The SMILES string of the molecule is CCCCOC(=O)c1cccc(NC(=O)Cn2cnc3sc(CC)cc3c2=O)c1. The first kappa shape index (κ1) is 20.7. The average Bonchev–Trinajstić information content (AvgIpc) is 3.15. The van der Waals surface area contributed by atoms with Crippen LogP contribution in [0, 0.1) is 0 Å². The molecule has 3 aromatic rings. The van der Waals surface area contributed by atoms with Crippen LogP contribution < -0.4 is 10.9 Å². The lowest BCUT2D eigenvalue weighted by atomic mass is 10.2. The van der Waals surface area contributed by atoms with Crippen LogP contribution in [-0.4, -0.2) is 28.0 Å². The van der Waals surface area contributed by atoms with E-state index in [4.69, 9.17) is 4.74 Å². The molecule has 0 bridgehead atoms. The average molecular weight is 413 g/mol. The minimum atomic E-state index is -0.426. The molecule has 0 fully saturated rings. The van der Waals surface area contributed by atoms with Crippen molar-refractivity contribution in [2.45, 2.75) is 39.7 Å². The Bertz CT molecular complexity index is 1090. The summed E-state index contributed by atoms with van der Waals surface area (Å²) in [7, 11) is 0. The van der Waals surface area contributed by atoms with Crippen LogP contribution in [0.2, 0.25) is 0 Å². The van der Waals surface area contributed by atoms with E-state index in [1.54, 1.807) is 24.3 Å². The van der Waals surface area contributed by atoms with Gasteiger partial charge in [-0.05, 0) is 37.1 Å². The summed E-state index contributed by atoms with van der Waals surface area (Å²) < 4.78 is 6.47. The standard InChI is InChI=1S/C21H23N3O4S/c1-3-5-9-28-21(27)14-7-6-8-15(10-14)23-18(25)12-24-13-22-19-17(20(24)26)11-16(4-2)29-19/h6-8,10-11,13H,3-5,9,12H2,1-2H3,(H,23,25). The Morgan fingerprint density at radius 2 is 2.07 bits per heavy atom. The lowest BCUT2D eigenvalue weighted by Crippen LogP contribution is -2.27. The highest BCUT2D eigenvalue weighted by atomic mass is 32.1. The van der Waals surface area contributed by atoms with Crippen LogP contribution in [0.4, 0.5) is 5.69 Å². The molecule has 8 heteroatoms. The van der Waals surface area contributed by atoms with Gasteiger partial charge in [0.2, 0.25) is 5.91 Å². The van der Waals surface area contributed by atoms with Gasteiger partial charge in [-0.25, -0.2) is 9.78 Å². The maximum atomic E-state index is 12.6. The van der Waals surface area contributed by atoms with Gasteiger partial charge in [-0.1, -0.05) is 26.3 Å². The molecule has 2 heterocycles. The zero-order valence-electron chi connectivity index (χ0n) is 16.4. The van der Waals surface area contributed by atoms with Gasteiger partial charge >= 0.3 is 5.97 Å². The molecular formula is C21H23N3O4S. The summed E-state index contributed by atoms with van der Waals surface area (Å²) in [5.41, 5.74) is 0.588. The second kappa shape index (κ2) is 9.47. The van der Waals surface area contributed by atoms with E-state index in [1.807, 2.05) is 19.9 Å². The van der Waals surface area contributed by atoms with Crippen LogP contribution in [-0.2, 0) is 22.5 Å². The van der Waals surface area contributed by atoms with Gasteiger partial charge in [0, 0.05) is 10.6 Å². The summed E-state index contributed by atoms with van der Waals surface area (Å²) in [5, 5.41) is 3.24. The van der Waals surface area contributed by atoms with Crippen molar-refractivity contribution in [3.8, 4) is 0 Å². The Kier molecular flexibility index (Phi) is 6.77. The third-order valence-corrected chi connectivity index (χ3v) is 5.53. The van der Waals surface area contributed by atoms with Crippen LogP contribution in [0.25, 0.3) is 10.2 Å². The quantitative estimate of drug-likeness (QED) is 0.450. The molecule has 0 saturated carbocycles. The van der Waals surface area contributed by atoms with Crippen molar-refractivity contribution in [1.29, 1.82) is 0 Å². The molecule has 0 atom stereocenters. The van der Waals surface area contributed by atoms with Crippen molar-refractivity contribution in [1.82, 2.24) is 9.55 Å². The molecule has 7 nitrogen and oxygen atoms in total. The number of unbranched alkanes of at least 4 members (excludes halogenated alkanes) is 1. The molecule has 0 aliphatic carbocycles. The maximum Gasteiger partial charge on any atom is 0.338 e. The molecule has 0 spiro atoms. The van der Waals surface area contributed by atoms with E-state index in [9.17, 15) is 14.4 Å². The molecule has 1 aromatic carbocycles. The fraction of sp³-hybridized carbons (Fsp3) is 0.333. The van der Waals surface area contributed by atoms with Gasteiger partial charge in [-0.15, -0.1) is 11.3 Å². The van der Waals surface area contributed by atoms with E-state index in [2.05, 4.69) is 10.3 Å². The third-order valence-electron chi connectivity index (χ3n) is 4.34. The normalized spacial score (nSPS) is 10.8.